The summed E-state index contributed by atoms with van der Waals surface area (Å²) in [5, 5.41) is 3.05. The number of carbonyl (C=O) groups is 1. The Morgan fingerprint density at radius 1 is 1.24 bits per heavy atom. The summed E-state index contributed by atoms with van der Waals surface area (Å²) in [6, 6.07) is 9.97. The highest BCUT2D eigenvalue weighted by Crippen LogP contribution is 2.25. The average molecular weight is 336 g/mol. The minimum absolute atomic E-state index is 0.0367. The van der Waals surface area contributed by atoms with Crippen molar-refractivity contribution in [2.45, 2.75) is 19.4 Å². The molecule has 1 saturated heterocycles. The molecular weight excluding hydrogens is 316 g/mol. The van der Waals surface area contributed by atoms with Crippen LogP contribution >= 0.6 is 0 Å². The molecule has 7 nitrogen and oxygen atoms in total. The highest BCUT2D eigenvalue weighted by atomic mass is 16.1. The minimum Gasteiger partial charge on any atom is -0.354 e. The first-order valence-electron chi connectivity index (χ1n) is 8.52. The Morgan fingerprint density at radius 3 is 3.00 bits per heavy atom. The number of H-pyrrole nitrogens is 1. The normalized spacial score (nSPS) is 17.6. The van der Waals surface area contributed by atoms with Gasteiger partial charge in [0, 0.05) is 19.6 Å². The number of imidazole rings is 1. The van der Waals surface area contributed by atoms with E-state index in [0.717, 1.165) is 36.3 Å². The van der Waals surface area contributed by atoms with Crippen LogP contribution in [0.15, 0.2) is 43.0 Å². The van der Waals surface area contributed by atoms with Gasteiger partial charge in [0.05, 0.1) is 12.2 Å². The zero-order chi connectivity index (χ0) is 17.1. The van der Waals surface area contributed by atoms with Crippen LogP contribution in [0.4, 0.5) is 5.82 Å². The molecule has 0 spiro atoms. The van der Waals surface area contributed by atoms with Crippen molar-refractivity contribution in [3.8, 4) is 0 Å². The Hall–Kier alpha value is -2.96. The smallest absolute Gasteiger partial charge is 0.225 e. The SMILES string of the molecule is O=C(NCc1ccccc1)[C@H]1CCCN(c2ncnc3nc[nH]c23)C1. The van der Waals surface area contributed by atoms with Crippen LogP contribution < -0.4 is 10.2 Å². The van der Waals surface area contributed by atoms with Gasteiger partial charge in [0.2, 0.25) is 5.91 Å². The van der Waals surface area contributed by atoms with Gasteiger partial charge in [0.15, 0.2) is 11.5 Å². The summed E-state index contributed by atoms with van der Waals surface area (Å²) < 4.78 is 0. The summed E-state index contributed by atoms with van der Waals surface area (Å²) in [5.74, 6) is 0.886. The summed E-state index contributed by atoms with van der Waals surface area (Å²) in [5.41, 5.74) is 2.59. The molecule has 7 heteroatoms. The molecule has 0 bridgehead atoms. The van der Waals surface area contributed by atoms with Crippen molar-refractivity contribution in [2.75, 3.05) is 18.0 Å². The third-order valence-electron chi connectivity index (χ3n) is 4.60. The number of piperidine rings is 1. The molecule has 0 aliphatic carbocycles. The number of aromatic amines is 1. The molecule has 2 aromatic heterocycles. The molecule has 2 N–H and O–H groups in total. The van der Waals surface area contributed by atoms with Crippen LogP contribution in [0.2, 0.25) is 0 Å². The van der Waals surface area contributed by atoms with Gasteiger partial charge < -0.3 is 15.2 Å². The number of amides is 1. The predicted octanol–water partition coefficient (Wildman–Crippen LogP) is 1.89. The van der Waals surface area contributed by atoms with E-state index >= 15 is 0 Å². The Kier molecular flexibility index (Phi) is 4.28. The first kappa shape index (κ1) is 15.6. The second-order valence-corrected chi connectivity index (χ2v) is 6.29. The molecule has 1 aliphatic rings. The van der Waals surface area contributed by atoms with Crippen LogP contribution in [0.25, 0.3) is 11.2 Å². The van der Waals surface area contributed by atoms with Gasteiger partial charge in [0.1, 0.15) is 11.8 Å². The number of rotatable bonds is 4. The van der Waals surface area contributed by atoms with Crippen molar-refractivity contribution < 1.29 is 4.79 Å². The number of fused-ring (bicyclic) bond motifs is 1. The van der Waals surface area contributed by atoms with Crippen molar-refractivity contribution in [2.24, 2.45) is 5.92 Å². The number of nitrogens with zero attached hydrogens (tertiary/aromatic N) is 4. The Bertz CT molecular complexity index is 862. The molecule has 128 valence electrons. The lowest BCUT2D eigenvalue weighted by Gasteiger charge is -2.32. The Labute approximate surface area is 145 Å². The molecule has 1 aliphatic heterocycles. The van der Waals surface area contributed by atoms with E-state index in [-0.39, 0.29) is 11.8 Å². The second kappa shape index (κ2) is 6.88. The van der Waals surface area contributed by atoms with Crippen molar-refractivity contribution >= 4 is 22.9 Å². The van der Waals surface area contributed by atoms with E-state index in [1.165, 1.54) is 6.33 Å². The van der Waals surface area contributed by atoms with Gasteiger partial charge in [-0.2, -0.15) is 0 Å². The molecule has 0 unspecified atom stereocenters. The minimum atomic E-state index is -0.0367. The van der Waals surface area contributed by atoms with E-state index in [1.807, 2.05) is 30.3 Å². The highest BCUT2D eigenvalue weighted by molar-refractivity contribution is 5.84. The Balaban J connectivity index is 1.44. The number of aromatic nitrogens is 4. The third-order valence-corrected chi connectivity index (χ3v) is 4.60. The fourth-order valence-electron chi connectivity index (χ4n) is 3.30. The summed E-state index contributed by atoms with van der Waals surface area (Å²) in [6.07, 6.45) is 5.01. The van der Waals surface area contributed by atoms with Crippen LogP contribution in [0.3, 0.4) is 0 Å². The molecule has 3 aromatic rings. The van der Waals surface area contributed by atoms with Gasteiger partial charge in [-0.05, 0) is 18.4 Å². The maximum absolute atomic E-state index is 12.6. The summed E-state index contributed by atoms with van der Waals surface area (Å²) in [7, 11) is 0. The quantitative estimate of drug-likeness (QED) is 0.760. The Morgan fingerprint density at radius 2 is 2.12 bits per heavy atom. The van der Waals surface area contributed by atoms with Crippen molar-refractivity contribution in [3.63, 3.8) is 0 Å². The fraction of sp³-hybridized carbons (Fsp3) is 0.333. The molecule has 0 saturated carbocycles. The first-order chi connectivity index (χ1) is 12.3. The van der Waals surface area contributed by atoms with Crippen molar-refractivity contribution in [1.29, 1.82) is 0 Å². The third kappa shape index (κ3) is 3.31. The van der Waals surface area contributed by atoms with Crippen LogP contribution in [0.5, 0.6) is 0 Å². The lowest BCUT2D eigenvalue weighted by atomic mass is 9.97. The van der Waals surface area contributed by atoms with E-state index in [2.05, 4.69) is 30.2 Å². The molecule has 1 aromatic carbocycles. The van der Waals surface area contributed by atoms with Gasteiger partial charge in [-0.1, -0.05) is 30.3 Å². The summed E-state index contributed by atoms with van der Waals surface area (Å²) >= 11 is 0. The zero-order valence-corrected chi connectivity index (χ0v) is 13.9. The van der Waals surface area contributed by atoms with Gasteiger partial charge in [-0.25, -0.2) is 15.0 Å². The van der Waals surface area contributed by atoms with Crippen LogP contribution in [-0.4, -0.2) is 38.9 Å². The summed E-state index contributed by atoms with van der Waals surface area (Å²) in [4.78, 5) is 30.6. The second-order valence-electron chi connectivity index (χ2n) is 6.29. The predicted molar refractivity (Wildman–Crippen MR) is 94.9 cm³/mol. The molecule has 4 rings (SSSR count). The number of carbonyl (C=O) groups excluding carboxylic acids is 1. The number of nitrogens with one attached hydrogen (secondary N) is 2. The van der Waals surface area contributed by atoms with Gasteiger partial charge in [-0.15, -0.1) is 0 Å². The summed E-state index contributed by atoms with van der Waals surface area (Å²) in [6.45, 7) is 2.10. The monoisotopic (exact) mass is 336 g/mol. The van der Waals surface area contributed by atoms with Crippen LogP contribution in [0.1, 0.15) is 18.4 Å². The molecule has 1 fully saturated rings. The van der Waals surface area contributed by atoms with Crippen LogP contribution in [0, 0.1) is 5.92 Å². The molecule has 0 radical (unpaired) electrons. The maximum Gasteiger partial charge on any atom is 0.225 e. The zero-order valence-electron chi connectivity index (χ0n) is 13.9. The van der Waals surface area contributed by atoms with E-state index in [9.17, 15) is 4.79 Å². The van der Waals surface area contributed by atoms with Crippen LogP contribution in [-0.2, 0) is 11.3 Å². The van der Waals surface area contributed by atoms with E-state index in [4.69, 9.17) is 0 Å². The van der Waals surface area contributed by atoms with Gasteiger partial charge in [0.25, 0.3) is 0 Å². The number of hydrogen-bond donors (Lipinski definition) is 2. The highest BCUT2D eigenvalue weighted by Gasteiger charge is 2.27. The van der Waals surface area contributed by atoms with Crippen molar-refractivity contribution in [1.82, 2.24) is 25.3 Å². The van der Waals surface area contributed by atoms with Crippen molar-refractivity contribution in [3.05, 3.63) is 48.5 Å². The van der Waals surface area contributed by atoms with Gasteiger partial charge >= 0.3 is 0 Å². The number of benzene rings is 1. The molecule has 25 heavy (non-hydrogen) atoms. The number of anilines is 1. The van der Waals surface area contributed by atoms with E-state index < -0.39 is 0 Å². The first-order valence-corrected chi connectivity index (χ1v) is 8.52. The standard InChI is InChI=1S/C18H20N6O/c25-18(19-9-13-5-2-1-3-6-13)14-7-4-8-24(10-14)17-15-16(21-11-20-15)22-12-23-17/h1-3,5-6,11-12,14H,4,7-10H2,(H,19,25)(H,20,21,22,23)/t14-/m0/s1. The van der Waals surface area contributed by atoms with E-state index in [0.29, 0.717) is 18.7 Å². The maximum atomic E-state index is 12.6. The van der Waals surface area contributed by atoms with E-state index in [1.54, 1.807) is 6.33 Å². The molecule has 3 heterocycles. The lowest BCUT2D eigenvalue weighted by Crippen LogP contribution is -2.43. The van der Waals surface area contributed by atoms with Gasteiger partial charge in [-0.3, -0.25) is 4.79 Å². The largest absolute Gasteiger partial charge is 0.354 e. The molecule has 1 atom stereocenters. The topological polar surface area (TPSA) is 86.8 Å². The number of hydrogen-bond acceptors (Lipinski definition) is 5. The molecule has 1 amide bonds. The fourth-order valence-corrected chi connectivity index (χ4v) is 3.30. The molecular formula is C18H20N6O. The average Bonchev–Trinajstić information content (AvgIpc) is 3.16. The lowest BCUT2D eigenvalue weighted by molar-refractivity contribution is -0.125.